The van der Waals surface area contributed by atoms with Crippen molar-refractivity contribution in [3.05, 3.63) is 53.1 Å². The molecule has 2 aromatic rings. The van der Waals surface area contributed by atoms with Crippen molar-refractivity contribution in [2.45, 2.75) is 32.2 Å². The molecule has 1 aliphatic rings. The molecule has 0 spiro atoms. The van der Waals surface area contributed by atoms with E-state index < -0.39 is 0 Å². The Morgan fingerprint density at radius 1 is 1.21 bits per heavy atom. The van der Waals surface area contributed by atoms with Crippen LogP contribution in [0.5, 0.6) is 0 Å². The van der Waals surface area contributed by atoms with Gasteiger partial charge in [0, 0.05) is 17.8 Å². The first-order valence-electron chi connectivity index (χ1n) is 6.70. The number of hydrogen-bond donors (Lipinski definition) is 2. The third-order valence-corrected chi connectivity index (χ3v) is 3.73. The van der Waals surface area contributed by atoms with Crippen LogP contribution in [0.3, 0.4) is 0 Å². The van der Waals surface area contributed by atoms with E-state index in [1.165, 1.54) is 29.8 Å². The van der Waals surface area contributed by atoms with Gasteiger partial charge in [0.1, 0.15) is 5.84 Å². The number of fused-ring (bicyclic) bond motifs is 1. The Hall–Kier alpha value is -2.10. The van der Waals surface area contributed by atoms with Gasteiger partial charge in [0.25, 0.3) is 0 Å². The first-order valence-corrected chi connectivity index (χ1v) is 6.70. The number of benzene rings is 1. The summed E-state index contributed by atoms with van der Waals surface area (Å²) in [5.74, 6) is 0.117. The van der Waals surface area contributed by atoms with Crippen LogP contribution in [-0.2, 0) is 19.4 Å². The zero-order chi connectivity index (χ0) is 13.2. The molecule has 0 radical (unpaired) electrons. The second-order valence-corrected chi connectivity index (χ2v) is 5.08. The summed E-state index contributed by atoms with van der Waals surface area (Å²) in [4.78, 5) is 4.51. The van der Waals surface area contributed by atoms with Gasteiger partial charge in [-0.1, -0.05) is 24.3 Å². The predicted molar refractivity (Wildman–Crippen MR) is 75.4 cm³/mol. The SMILES string of the molecule is N=C(N)c1ccc(Cn2cnc3c2CCCC3)cc1. The summed E-state index contributed by atoms with van der Waals surface area (Å²) in [6.07, 6.45) is 6.74. The molecule has 0 fully saturated rings. The van der Waals surface area contributed by atoms with Crippen LogP contribution < -0.4 is 5.73 Å². The van der Waals surface area contributed by atoms with E-state index in [4.69, 9.17) is 11.1 Å². The third kappa shape index (κ3) is 2.38. The Bertz CT molecular complexity index is 595. The number of nitrogen functional groups attached to an aromatic ring is 1. The second kappa shape index (κ2) is 4.88. The smallest absolute Gasteiger partial charge is 0.122 e. The summed E-state index contributed by atoms with van der Waals surface area (Å²) >= 11 is 0. The van der Waals surface area contributed by atoms with Crippen molar-refractivity contribution in [3.8, 4) is 0 Å². The number of rotatable bonds is 3. The number of nitrogens with two attached hydrogens (primary N) is 1. The van der Waals surface area contributed by atoms with Gasteiger partial charge >= 0.3 is 0 Å². The molecule has 98 valence electrons. The zero-order valence-corrected chi connectivity index (χ0v) is 10.9. The van der Waals surface area contributed by atoms with Crippen LogP contribution in [0.25, 0.3) is 0 Å². The minimum absolute atomic E-state index is 0.117. The van der Waals surface area contributed by atoms with E-state index in [1.54, 1.807) is 0 Å². The molecule has 1 aromatic carbocycles. The van der Waals surface area contributed by atoms with Gasteiger partial charge in [-0.3, -0.25) is 5.41 Å². The van der Waals surface area contributed by atoms with Crippen LogP contribution in [-0.4, -0.2) is 15.4 Å². The second-order valence-electron chi connectivity index (χ2n) is 5.08. The molecular weight excluding hydrogens is 236 g/mol. The Kier molecular flexibility index (Phi) is 3.07. The highest BCUT2D eigenvalue weighted by Gasteiger charge is 2.14. The van der Waals surface area contributed by atoms with Crippen LogP contribution in [0.1, 0.15) is 35.4 Å². The largest absolute Gasteiger partial charge is 0.384 e. The maximum absolute atomic E-state index is 7.39. The van der Waals surface area contributed by atoms with Gasteiger partial charge in [0.2, 0.25) is 0 Å². The van der Waals surface area contributed by atoms with Crippen molar-refractivity contribution >= 4 is 5.84 Å². The fraction of sp³-hybridized carbons (Fsp3) is 0.333. The number of aryl methyl sites for hydroxylation is 1. The lowest BCUT2D eigenvalue weighted by molar-refractivity contribution is 0.628. The van der Waals surface area contributed by atoms with Gasteiger partial charge in [-0.15, -0.1) is 0 Å². The number of amidine groups is 1. The highest BCUT2D eigenvalue weighted by atomic mass is 15.1. The highest BCUT2D eigenvalue weighted by molar-refractivity contribution is 5.94. The summed E-state index contributed by atoms with van der Waals surface area (Å²) < 4.78 is 2.25. The molecule has 3 N–H and O–H groups in total. The molecule has 0 saturated heterocycles. The molecule has 4 nitrogen and oxygen atoms in total. The fourth-order valence-corrected chi connectivity index (χ4v) is 2.65. The van der Waals surface area contributed by atoms with Crippen LogP contribution in [0.4, 0.5) is 0 Å². The summed E-state index contributed by atoms with van der Waals surface area (Å²) in [5.41, 5.74) is 10.1. The summed E-state index contributed by atoms with van der Waals surface area (Å²) in [6, 6.07) is 7.87. The van der Waals surface area contributed by atoms with Gasteiger partial charge in [0.05, 0.1) is 12.0 Å². The molecule has 1 aromatic heterocycles. The van der Waals surface area contributed by atoms with Crippen LogP contribution >= 0.6 is 0 Å². The van der Waals surface area contributed by atoms with Crippen molar-refractivity contribution in [1.29, 1.82) is 5.41 Å². The molecular formula is C15H18N4. The minimum atomic E-state index is 0.117. The van der Waals surface area contributed by atoms with E-state index in [9.17, 15) is 0 Å². The van der Waals surface area contributed by atoms with Crippen molar-refractivity contribution in [1.82, 2.24) is 9.55 Å². The number of aromatic nitrogens is 2. The van der Waals surface area contributed by atoms with Crippen LogP contribution in [0.2, 0.25) is 0 Å². The maximum Gasteiger partial charge on any atom is 0.122 e. The maximum atomic E-state index is 7.39. The van der Waals surface area contributed by atoms with Gasteiger partial charge in [-0.25, -0.2) is 4.98 Å². The van der Waals surface area contributed by atoms with E-state index in [0.29, 0.717) is 0 Å². The lowest BCUT2D eigenvalue weighted by Gasteiger charge is -2.14. The average molecular weight is 254 g/mol. The lowest BCUT2D eigenvalue weighted by Crippen LogP contribution is -2.11. The topological polar surface area (TPSA) is 67.7 Å². The molecule has 0 unspecified atom stereocenters. The van der Waals surface area contributed by atoms with E-state index in [-0.39, 0.29) is 5.84 Å². The molecule has 0 atom stereocenters. The average Bonchev–Trinajstić information content (AvgIpc) is 2.83. The van der Waals surface area contributed by atoms with Crippen molar-refractivity contribution in [3.63, 3.8) is 0 Å². The van der Waals surface area contributed by atoms with E-state index in [1.807, 2.05) is 30.6 Å². The minimum Gasteiger partial charge on any atom is -0.384 e. The Labute approximate surface area is 112 Å². The normalized spacial score (nSPS) is 14.1. The first kappa shape index (κ1) is 12.0. The molecule has 19 heavy (non-hydrogen) atoms. The Morgan fingerprint density at radius 3 is 2.68 bits per heavy atom. The summed E-state index contributed by atoms with van der Waals surface area (Å²) in [6.45, 7) is 0.848. The third-order valence-electron chi connectivity index (χ3n) is 3.73. The standard InChI is InChI=1S/C15H18N4/c16-15(17)12-7-5-11(6-8-12)9-19-10-18-13-3-1-2-4-14(13)19/h5-8,10H,1-4,9H2,(H3,16,17). The van der Waals surface area contributed by atoms with Crippen molar-refractivity contribution in [2.24, 2.45) is 5.73 Å². The fourth-order valence-electron chi connectivity index (χ4n) is 2.65. The van der Waals surface area contributed by atoms with Gasteiger partial charge in [-0.05, 0) is 31.2 Å². The molecule has 3 rings (SSSR count). The number of hydrogen-bond acceptors (Lipinski definition) is 2. The van der Waals surface area contributed by atoms with Crippen LogP contribution in [0, 0.1) is 5.41 Å². The molecule has 4 heteroatoms. The molecule has 0 amide bonds. The highest BCUT2D eigenvalue weighted by Crippen LogP contribution is 2.20. The van der Waals surface area contributed by atoms with E-state index >= 15 is 0 Å². The summed E-state index contributed by atoms with van der Waals surface area (Å²) in [7, 11) is 0. The molecule has 0 bridgehead atoms. The zero-order valence-electron chi connectivity index (χ0n) is 10.9. The quantitative estimate of drug-likeness (QED) is 0.650. The molecule has 1 heterocycles. The monoisotopic (exact) mass is 254 g/mol. The van der Waals surface area contributed by atoms with Crippen molar-refractivity contribution in [2.75, 3.05) is 0 Å². The predicted octanol–water partition coefficient (Wildman–Crippen LogP) is 2.09. The summed E-state index contributed by atoms with van der Waals surface area (Å²) in [5, 5.41) is 7.39. The molecule has 1 aliphatic carbocycles. The number of imidazole rings is 1. The number of nitrogens with one attached hydrogen (secondary N) is 1. The Morgan fingerprint density at radius 2 is 1.95 bits per heavy atom. The van der Waals surface area contributed by atoms with Crippen LogP contribution in [0.15, 0.2) is 30.6 Å². The first-order chi connectivity index (χ1) is 9.24. The molecule has 0 aliphatic heterocycles. The molecule has 0 saturated carbocycles. The van der Waals surface area contributed by atoms with Gasteiger partial charge in [0.15, 0.2) is 0 Å². The van der Waals surface area contributed by atoms with Gasteiger partial charge < -0.3 is 10.3 Å². The Balaban J connectivity index is 1.81. The number of nitrogens with zero attached hydrogens (tertiary/aromatic N) is 2. The van der Waals surface area contributed by atoms with E-state index in [2.05, 4.69) is 9.55 Å². The van der Waals surface area contributed by atoms with Crippen molar-refractivity contribution < 1.29 is 0 Å². The van der Waals surface area contributed by atoms with Gasteiger partial charge in [-0.2, -0.15) is 0 Å². The lowest BCUT2D eigenvalue weighted by atomic mass is 10.0. The van der Waals surface area contributed by atoms with E-state index in [0.717, 1.165) is 24.9 Å².